The topological polar surface area (TPSA) is 21.3 Å². The predicted molar refractivity (Wildman–Crippen MR) is 71.8 cm³/mol. The lowest BCUT2D eigenvalue weighted by Gasteiger charge is -2.19. The highest BCUT2D eigenvalue weighted by Gasteiger charge is 2.08. The molecule has 0 rings (SSSR count). The lowest BCUT2D eigenvalue weighted by Crippen LogP contribution is -2.30. The van der Waals surface area contributed by atoms with Crippen LogP contribution in [0.25, 0.3) is 0 Å². The van der Waals surface area contributed by atoms with Crippen LogP contribution >= 0.6 is 0 Å². The summed E-state index contributed by atoms with van der Waals surface area (Å²) in [5.74, 6) is 1.43. The molecular weight excluding hydrogens is 198 g/mol. The van der Waals surface area contributed by atoms with Gasteiger partial charge in [0, 0.05) is 19.3 Å². The van der Waals surface area contributed by atoms with Crippen molar-refractivity contribution in [2.75, 3.05) is 19.8 Å². The highest BCUT2D eigenvalue weighted by atomic mass is 16.5. The zero-order valence-corrected chi connectivity index (χ0v) is 11.9. The van der Waals surface area contributed by atoms with E-state index in [1.807, 2.05) is 0 Å². The summed E-state index contributed by atoms with van der Waals surface area (Å²) in [5.41, 5.74) is 0. The van der Waals surface area contributed by atoms with E-state index in [1.165, 1.54) is 19.3 Å². The molecule has 0 heterocycles. The summed E-state index contributed by atoms with van der Waals surface area (Å²) in [5, 5.41) is 3.56. The Bertz CT molecular complexity index is 146. The van der Waals surface area contributed by atoms with Gasteiger partial charge in [-0.2, -0.15) is 0 Å². The van der Waals surface area contributed by atoms with E-state index in [0.717, 1.165) is 25.7 Å². The van der Waals surface area contributed by atoms with Crippen molar-refractivity contribution in [1.29, 1.82) is 0 Å². The monoisotopic (exact) mass is 229 g/mol. The van der Waals surface area contributed by atoms with E-state index in [0.29, 0.717) is 12.0 Å². The maximum absolute atomic E-state index is 5.60. The average molecular weight is 229 g/mol. The van der Waals surface area contributed by atoms with Crippen LogP contribution in [-0.2, 0) is 4.74 Å². The first-order chi connectivity index (χ1) is 7.56. The zero-order valence-electron chi connectivity index (χ0n) is 11.9. The van der Waals surface area contributed by atoms with Crippen LogP contribution in [0, 0.1) is 11.8 Å². The molecule has 16 heavy (non-hydrogen) atoms. The Kier molecular flexibility index (Phi) is 10.0. The standard InChI is InChI=1S/C14H31NO/c1-6-15-14(10-12(2)3)8-7-9-16-11-13(4)5/h12-15H,6-11H2,1-5H3. The van der Waals surface area contributed by atoms with Crippen LogP contribution < -0.4 is 5.32 Å². The molecule has 0 saturated heterocycles. The second kappa shape index (κ2) is 10.1. The number of ether oxygens (including phenoxy) is 1. The molecule has 0 aliphatic heterocycles. The minimum atomic E-state index is 0.653. The molecule has 0 aromatic rings. The van der Waals surface area contributed by atoms with Crippen LogP contribution in [0.2, 0.25) is 0 Å². The second-order valence-electron chi connectivity index (χ2n) is 5.50. The van der Waals surface area contributed by atoms with Gasteiger partial charge in [-0.1, -0.05) is 34.6 Å². The van der Waals surface area contributed by atoms with Crippen molar-refractivity contribution in [2.24, 2.45) is 11.8 Å². The number of nitrogens with one attached hydrogen (secondary N) is 1. The Morgan fingerprint density at radius 1 is 1.06 bits per heavy atom. The van der Waals surface area contributed by atoms with Crippen LogP contribution in [0.5, 0.6) is 0 Å². The van der Waals surface area contributed by atoms with Gasteiger partial charge in [-0.15, -0.1) is 0 Å². The van der Waals surface area contributed by atoms with E-state index >= 15 is 0 Å². The molecule has 0 fully saturated rings. The number of hydrogen-bond acceptors (Lipinski definition) is 2. The second-order valence-corrected chi connectivity index (χ2v) is 5.50. The maximum atomic E-state index is 5.60. The summed E-state index contributed by atoms with van der Waals surface area (Å²) >= 11 is 0. The smallest absolute Gasteiger partial charge is 0.0488 e. The summed E-state index contributed by atoms with van der Waals surface area (Å²) in [6.07, 6.45) is 3.69. The van der Waals surface area contributed by atoms with Crippen molar-refractivity contribution in [1.82, 2.24) is 5.32 Å². The van der Waals surface area contributed by atoms with Crippen LogP contribution in [0.15, 0.2) is 0 Å². The fraction of sp³-hybridized carbons (Fsp3) is 1.00. The van der Waals surface area contributed by atoms with E-state index in [4.69, 9.17) is 4.74 Å². The molecule has 0 radical (unpaired) electrons. The van der Waals surface area contributed by atoms with Crippen molar-refractivity contribution in [3.63, 3.8) is 0 Å². The van der Waals surface area contributed by atoms with Crippen molar-refractivity contribution in [2.45, 2.75) is 59.9 Å². The maximum Gasteiger partial charge on any atom is 0.0488 e. The van der Waals surface area contributed by atoms with Gasteiger partial charge >= 0.3 is 0 Å². The lowest BCUT2D eigenvalue weighted by atomic mass is 10.00. The first-order valence-corrected chi connectivity index (χ1v) is 6.87. The molecule has 2 heteroatoms. The minimum Gasteiger partial charge on any atom is -0.381 e. The van der Waals surface area contributed by atoms with Gasteiger partial charge in [0.2, 0.25) is 0 Å². The normalized spacial score (nSPS) is 13.7. The number of rotatable bonds is 10. The van der Waals surface area contributed by atoms with Crippen molar-refractivity contribution in [3.05, 3.63) is 0 Å². The van der Waals surface area contributed by atoms with E-state index in [2.05, 4.69) is 39.9 Å². The quantitative estimate of drug-likeness (QED) is 0.579. The molecule has 98 valence electrons. The SMILES string of the molecule is CCNC(CCCOCC(C)C)CC(C)C. The molecule has 0 amide bonds. The number of hydrogen-bond donors (Lipinski definition) is 1. The van der Waals surface area contributed by atoms with E-state index in [1.54, 1.807) is 0 Å². The Labute approximate surface area is 102 Å². The van der Waals surface area contributed by atoms with E-state index in [-0.39, 0.29) is 0 Å². The fourth-order valence-electron chi connectivity index (χ4n) is 1.91. The molecular formula is C14H31NO. The van der Waals surface area contributed by atoms with Gasteiger partial charge in [-0.05, 0) is 37.6 Å². The Hall–Kier alpha value is -0.0800. The average Bonchev–Trinajstić information content (AvgIpc) is 2.16. The molecule has 0 saturated carbocycles. The lowest BCUT2D eigenvalue weighted by molar-refractivity contribution is 0.104. The first-order valence-electron chi connectivity index (χ1n) is 6.87. The third-order valence-electron chi connectivity index (χ3n) is 2.54. The largest absolute Gasteiger partial charge is 0.381 e. The molecule has 0 aromatic heterocycles. The van der Waals surface area contributed by atoms with Crippen molar-refractivity contribution >= 4 is 0 Å². The third kappa shape index (κ3) is 10.4. The first kappa shape index (κ1) is 15.9. The van der Waals surface area contributed by atoms with Crippen LogP contribution in [0.3, 0.4) is 0 Å². The third-order valence-corrected chi connectivity index (χ3v) is 2.54. The molecule has 0 spiro atoms. The fourth-order valence-corrected chi connectivity index (χ4v) is 1.91. The summed E-state index contributed by atoms with van der Waals surface area (Å²) in [6.45, 7) is 14.0. The molecule has 0 aliphatic carbocycles. The molecule has 1 N–H and O–H groups in total. The Balaban J connectivity index is 3.51. The molecule has 1 unspecified atom stereocenters. The molecule has 2 nitrogen and oxygen atoms in total. The zero-order chi connectivity index (χ0) is 12.4. The van der Waals surface area contributed by atoms with Gasteiger partial charge in [0.15, 0.2) is 0 Å². The van der Waals surface area contributed by atoms with Gasteiger partial charge in [0.25, 0.3) is 0 Å². The molecule has 0 aromatic carbocycles. The molecule has 1 atom stereocenters. The molecule has 0 aliphatic rings. The van der Waals surface area contributed by atoms with Gasteiger partial charge in [-0.25, -0.2) is 0 Å². The molecule has 0 bridgehead atoms. The minimum absolute atomic E-state index is 0.653. The van der Waals surface area contributed by atoms with Gasteiger partial charge in [0.1, 0.15) is 0 Å². The van der Waals surface area contributed by atoms with Gasteiger partial charge in [0.05, 0.1) is 0 Å². The summed E-state index contributed by atoms with van der Waals surface area (Å²) in [7, 11) is 0. The predicted octanol–water partition coefficient (Wildman–Crippen LogP) is 3.46. The van der Waals surface area contributed by atoms with Crippen molar-refractivity contribution in [3.8, 4) is 0 Å². The van der Waals surface area contributed by atoms with Gasteiger partial charge in [-0.3, -0.25) is 0 Å². The Morgan fingerprint density at radius 3 is 2.25 bits per heavy atom. The highest BCUT2D eigenvalue weighted by Crippen LogP contribution is 2.10. The summed E-state index contributed by atoms with van der Waals surface area (Å²) in [4.78, 5) is 0. The van der Waals surface area contributed by atoms with Crippen LogP contribution in [-0.4, -0.2) is 25.8 Å². The highest BCUT2D eigenvalue weighted by molar-refractivity contribution is 4.67. The summed E-state index contributed by atoms with van der Waals surface area (Å²) < 4.78 is 5.60. The van der Waals surface area contributed by atoms with E-state index in [9.17, 15) is 0 Å². The van der Waals surface area contributed by atoms with Crippen LogP contribution in [0.1, 0.15) is 53.9 Å². The summed E-state index contributed by atoms with van der Waals surface area (Å²) in [6, 6.07) is 0.674. The van der Waals surface area contributed by atoms with E-state index < -0.39 is 0 Å². The van der Waals surface area contributed by atoms with Crippen molar-refractivity contribution < 1.29 is 4.74 Å². The van der Waals surface area contributed by atoms with Crippen LogP contribution in [0.4, 0.5) is 0 Å². The van der Waals surface area contributed by atoms with Gasteiger partial charge < -0.3 is 10.1 Å². The Morgan fingerprint density at radius 2 is 1.75 bits per heavy atom.